The molecule has 0 spiro atoms. The molecule has 3 aromatic rings. The van der Waals surface area contributed by atoms with Crippen molar-refractivity contribution >= 4 is 29.1 Å². The Labute approximate surface area is 167 Å². The van der Waals surface area contributed by atoms with Crippen molar-refractivity contribution < 1.29 is 9.21 Å². The summed E-state index contributed by atoms with van der Waals surface area (Å²) in [4.78, 5) is 14.5. The van der Waals surface area contributed by atoms with Crippen molar-refractivity contribution in [3.63, 3.8) is 0 Å². The van der Waals surface area contributed by atoms with Crippen LogP contribution >= 0.6 is 23.2 Å². The maximum Gasteiger partial charge on any atom is 0.247 e. The van der Waals surface area contributed by atoms with E-state index >= 15 is 0 Å². The van der Waals surface area contributed by atoms with Gasteiger partial charge in [0, 0.05) is 21.7 Å². The molecule has 0 bridgehead atoms. The maximum atomic E-state index is 12.8. The third kappa shape index (κ3) is 4.87. The van der Waals surface area contributed by atoms with E-state index < -0.39 is 0 Å². The maximum absolute atomic E-state index is 12.8. The van der Waals surface area contributed by atoms with Crippen LogP contribution in [0, 0.1) is 0 Å². The number of benzene rings is 2. The summed E-state index contributed by atoms with van der Waals surface area (Å²) < 4.78 is 5.73. The predicted molar refractivity (Wildman–Crippen MR) is 106 cm³/mol. The van der Waals surface area contributed by atoms with Crippen LogP contribution in [-0.4, -0.2) is 27.0 Å². The van der Waals surface area contributed by atoms with E-state index in [-0.39, 0.29) is 24.9 Å². The molecule has 0 aliphatic heterocycles. The van der Waals surface area contributed by atoms with Crippen molar-refractivity contribution in [2.45, 2.75) is 32.9 Å². The molecule has 0 aliphatic carbocycles. The highest BCUT2D eigenvalue weighted by molar-refractivity contribution is 6.31. The summed E-state index contributed by atoms with van der Waals surface area (Å²) in [7, 11) is 0. The number of halogens is 2. The van der Waals surface area contributed by atoms with Crippen LogP contribution in [0.1, 0.15) is 25.3 Å². The fraction of sp³-hybridized carbons (Fsp3) is 0.250. The largest absolute Gasteiger partial charge is 0.419 e. The second-order valence-electron chi connectivity index (χ2n) is 6.39. The summed E-state index contributed by atoms with van der Waals surface area (Å²) in [5.74, 6) is 0.717. The molecule has 0 atom stereocenters. The van der Waals surface area contributed by atoms with Gasteiger partial charge in [0.2, 0.25) is 17.7 Å². The molecule has 0 radical (unpaired) electrons. The Bertz CT molecular complexity index is 923. The number of rotatable bonds is 6. The van der Waals surface area contributed by atoms with Crippen LogP contribution in [0.15, 0.2) is 52.9 Å². The van der Waals surface area contributed by atoms with Crippen molar-refractivity contribution in [2.24, 2.45) is 0 Å². The first kappa shape index (κ1) is 19.4. The molecule has 140 valence electrons. The quantitative estimate of drug-likeness (QED) is 0.579. The lowest BCUT2D eigenvalue weighted by Crippen LogP contribution is -2.37. The summed E-state index contributed by atoms with van der Waals surface area (Å²) in [5, 5.41) is 9.36. The normalized spacial score (nSPS) is 11.0. The van der Waals surface area contributed by atoms with Crippen LogP contribution in [0.25, 0.3) is 11.5 Å². The van der Waals surface area contributed by atoms with E-state index in [1.165, 1.54) is 0 Å². The first-order chi connectivity index (χ1) is 12.9. The average molecular weight is 404 g/mol. The van der Waals surface area contributed by atoms with E-state index in [2.05, 4.69) is 10.2 Å². The van der Waals surface area contributed by atoms with E-state index in [1.54, 1.807) is 23.1 Å². The topological polar surface area (TPSA) is 59.2 Å². The van der Waals surface area contributed by atoms with Crippen LogP contribution in [0.3, 0.4) is 0 Å². The standard InChI is InChI=1S/C20H19Cl2N3O2/c1-13(2)25(19(26)11-15-5-3-4-6-17(15)22)12-18-23-24-20(27-18)14-7-9-16(21)10-8-14/h3-10,13H,11-12H2,1-2H3. The van der Waals surface area contributed by atoms with Crippen LogP contribution < -0.4 is 0 Å². The molecular weight excluding hydrogens is 385 g/mol. The second kappa shape index (κ2) is 8.55. The molecule has 1 amide bonds. The van der Waals surface area contributed by atoms with E-state index in [1.807, 2.05) is 44.2 Å². The zero-order valence-corrected chi connectivity index (χ0v) is 16.5. The average Bonchev–Trinajstić information content (AvgIpc) is 3.10. The summed E-state index contributed by atoms with van der Waals surface area (Å²) >= 11 is 12.1. The molecule has 5 nitrogen and oxygen atoms in total. The Kier molecular flexibility index (Phi) is 6.14. The SMILES string of the molecule is CC(C)N(Cc1nnc(-c2ccc(Cl)cc2)o1)C(=O)Cc1ccccc1Cl. The molecule has 0 saturated heterocycles. The molecule has 0 fully saturated rings. The lowest BCUT2D eigenvalue weighted by molar-refractivity contribution is -0.133. The molecule has 2 aromatic carbocycles. The lowest BCUT2D eigenvalue weighted by Gasteiger charge is -2.25. The summed E-state index contributed by atoms with van der Waals surface area (Å²) in [6.45, 7) is 4.13. The number of carbonyl (C=O) groups excluding carboxylic acids is 1. The number of amides is 1. The van der Waals surface area contributed by atoms with E-state index in [0.717, 1.165) is 11.1 Å². The predicted octanol–water partition coefficient (Wildman–Crippen LogP) is 5.02. The number of nitrogens with zero attached hydrogens (tertiary/aromatic N) is 3. The number of carbonyl (C=O) groups is 1. The van der Waals surface area contributed by atoms with Gasteiger partial charge >= 0.3 is 0 Å². The number of aromatic nitrogens is 2. The minimum atomic E-state index is -0.0515. The van der Waals surface area contributed by atoms with Gasteiger partial charge in [-0.15, -0.1) is 10.2 Å². The molecule has 0 aliphatic rings. The van der Waals surface area contributed by atoms with Gasteiger partial charge in [-0.25, -0.2) is 0 Å². The van der Waals surface area contributed by atoms with Gasteiger partial charge in [0.15, 0.2) is 0 Å². The Morgan fingerprint density at radius 2 is 1.78 bits per heavy atom. The van der Waals surface area contributed by atoms with Crippen molar-refractivity contribution in [2.75, 3.05) is 0 Å². The van der Waals surface area contributed by atoms with Gasteiger partial charge in [-0.2, -0.15) is 0 Å². The van der Waals surface area contributed by atoms with Gasteiger partial charge in [0.25, 0.3) is 0 Å². The molecule has 3 rings (SSSR count). The number of hydrogen-bond acceptors (Lipinski definition) is 4. The van der Waals surface area contributed by atoms with Gasteiger partial charge in [0.1, 0.15) is 0 Å². The zero-order chi connectivity index (χ0) is 19.4. The van der Waals surface area contributed by atoms with E-state index in [4.69, 9.17) is 27.6 Å². The lowest BCUT2D eigenvalue weighted by atomic mass is 10.1. The monoisotopic (exact) mass is 403 g/mol. The summed E-state index contributed by atoms with van der Waals surface area (Å²) in [6.07, 6.45) is 0.218. The van der Waals surface area contributed by atoms with Crippen molar-refractivity contribution in [1.82, 2.24) is 15.1 Å². The minimum absolute atomic E-state index is 0.0223. The van der Waals surface area contributed by atoms with E-state index in [0.29, 0.717) is 21.8 Å². The molecule has 0 N–H and O–H groups in total. The third-order valence-electron chi connectivity index (χ3n) is 4.11. The minimum Gasteiger partial charge on any atom is -0.419 e. The molecule has 0 unspecified atom stereocenters. The summed E-state index contributed by atoms with van der Waals surface area (Å²) in [6, 6.07) is 14.4. The Morgan fingerprint density at radius 3 is 2.44 bits per heavy atom. The van der Waals surface area contributed by atoms with Crippen molar-refractivity contribution in [1.29, 1.82) is 0 Å². The van der Waals surface area contributed by atoms with Crippen molar-refractivity contribution in [3.8, 4) is 11.5 Å². The molecule has 7 heteroatoms. The first-order valence-electron chi connectivity index (χ1n) is 8.55. The van der Waals surface area contributed by atoms with Gasteiger partial charge < -0.3 is 9.32 Å². The Balaban J connectivity index is 1.74. The molecule has 27 heavy (non-hydrogen) atoms. The van der Waals surface area contributed by atoms with Gasteiger partial charge in [0.05, 0.1) is 13.0 Å². The molecule has 1 aromatic heterocycles. The molecule has 1 heterocycles. The highest BCUT2D eigenvalue weighted by Crippen LogP contribution is 2.22. The van der Waals surface area contributed by atoms with Crippen LogP contribution in [0.5, 0.6) is 0 Å². The first-order valence-corrected chi connectivity index (χ1v) is 9.31. The van der Waals surface area contributed by atoms with Crippen LogP contribution in [0.4, 0.5) is 0 Å². The van der Waals surface area contributed by atoms with E-state index in [9.17, 15) is 4.79 Å². The highest BCUT2D eigenvalue weighted by atomic mass is 35.5. The smallest absolute Gasteiger partial charge is 0.247 e. The third-order valence-corrected chi connectivity index (χ3v) is 4.73. The van der Waals surface area contributed by atoms with Crippen LogP contribution in [-0.2, 0) is 17.8 Å². The number of hydrogen-bond donors (Lipinski definition) is 0. The Morgan fingerprint density at radius 1 is 1.07 bits per heavy atom. The van der Waals surface area contributed by atoms with Crippen molar-refractivity contribution in [3.05, 3.63) is 70.0 Å². The second-order valence-corrected chi connectivity index (χ2v) is 7.24. The van der Waals surface area contributed by atoms with Gasteiger partial charge in [-0.3, -0.25) is 4.79 Å². The fourth-order valence-corrected chi connectivity index (χ4v) is 2.97. The molecule has 0 saturated carbocycles. The van der Waals surface area contributed by atoms with Crippen LogP contribution in [0.2, 0.25) is 10.0 Å². The summed E-state index contributed by atoms with van der Waals surface area (Å²) in [5.41, 5.74) is 1.57. The fourth-order valence-electron chi connectivity index (χ4n) is 2.64. The Hall–Kier alpha value is -2.37. The highest BCUT2D eigenvalue weighted by Gasteiger charge is 2.21. The molecular formula is C20H19Cl2N3O2. The van der Waals surface area contributed by atoms with Gasteiger partial charge in [-0.05, 0) is 49.7 Å². The van der Waals surface area contributed by atoms with Gasteiger partial charge in [-0.1, -0.05) is 41.4 Å². The zero-order valence-electron chi connectivity index (χ0n) is 15.0.